The maximum atomic E-state index is 4.95. The first-order valence-electron chi connectivity index (χ1n) is 8.31. The molecule has 3 nitrogen and oxygen atoms in total. The Hall–Kier alpha value is -0.390. The Morgan fingerprint density at radius 3 is 2.67 bits per heavy atom. The van der Waals surface area contributed by atoms with Crippen LogP contribution in [0.15, 0.2) is 0 Å². The van der Waals surface area contributed by atoms with Crippen molar-refractivity contribution in [3.63, 3.8) is 0 Å². The Labute approximate surface area is 142 Å². The fourth-order valence-corrected chi connectivity index (χ4v) is 3.82. The molecule has 0 amide bonds. The summed E-state index contributed by atoms with van der Waals surface area (Å²) < 4.78 is 1.20. The molecule has 0 radical (unpaired) electrons. The number of hydrogen-bond acceptors (Lipinski definition) is 3. The van der Waals surface area contributed by atoms with Crippen molar-refractivity contribution in [2.75, 3.05) is 11.9 Å². The van der Waals surface area contributed by atoms with Crippen LogP contribution in [0.3, 0.4) is 0 Å². The van der Waals surface area contributed by atoms with E-state index in [1.807, 2.05) is 0 Å². The summed E-state index contributed by atoms with van der Waals surface area (Å²) in [5.41, 5.74) is 1.23. The van der Waals surface area contributed by atoms with Crippen LogP contribution in [-0.4, -0.2) is 16.5 Å². The van der Waals surface area contributed by atoms with Gasteiger partial charge in [0.15, 0.2) is 0 Å². The largest absolute Gasteiger partial charge is 0.369 e. The molecule has 0 aromatic carbocycles. The van der Waals surface area contributed by atoms with Crippen LogP contribution in [0.4, 0.5) is 5.82 Å². The molecule has 1 aliphatic rings. The molecule has 1 aromatic rings. The molecule has 1 fully saturated rings. The van der Waals surface area contributed by atoms with Crippen molar-refractivity contribution >= 4 is 28.4 Å². The maximum Gasteiger partial charge on any atom is 0.143 e. The number of rotatable bonds is 5. The molecule has 2 rings (SSSR count). The van der Waals surface area contributed by atoms with Gasteiger partial charge in [-0.05, 0) is 60.6 Å². The summed E-state index contributed by atoms with van der Waals surface area (Å²) in [6.07, 6.45) is 6.20. The first-order valence-corrected chi connectivity index (χ1v) is 9.39. The predicted octanol–water partition coefficient (Wildman–Crippen LogP) is 5.01. The van der Waals surface area contributed by atoms with Gasteiger partial charge in [-0.25, -0.2) is 9.97 Å². The lowest BCUT2D eigenvalue weighted by atomic mass is 9.82. The van der Waals surface area contributed by atoms with Crippen LogP contribution in [0.1, 0.15) is 70.8 Å². The van der Waals surface area contributed by atoms with Crippen molar-refractivity contribution in [1.82, 2.24) is 9.97 Å². The molecule has 0 aliphatic heterocycles. The molecule has 2 atom stereocenters. The van der Waals surface area contributed by atoms with Crippen LogP contribution in [-0.2, 0) is 6.42 Å². The average molecular weight is 401 g/mol. The molecular weight excluding hydrogens is 373 g/mol. The Balaban J connectivity index is 2.33. The molecule has 1 aliphatic carbocycles. The highest BCUT2D eigenvalue weighted by Crippen LogP contribution is 2.35. The molecule has 4 heteroatoms. The molecule has 118 valence electrons. The Morgan fingerprint density at radius 2 is 2.05 bits per heavy atom. The topological polar surface area (TPSA) is 37.8 Å². The predicted molar refractivity (Wildman–Crippen MR) is 97.8 cm³/mol. The van der Waals surface area contributed by atoms with E-state index in [4.69, 9.17) is 9.97 Å². The summed E-state index contributed by atoms with van der Waals surface area (Å²) in [6, 6.07) is 0. The van der Waals surface area contributed by atoms with Crippen LogP contribution in [0.5, 0.6) is 0 Å². The van der Waals surface area contributed by atoms with Gasteiger partial charge >= 0.3 is 0 Å². The lowest BCUT2D eigenvalue weighted by Crippen LogP contribution is -2.18. The molecule has 2 unspecified atom stereocenters. The highest BCUT2D eigenvalue weighted by molar-refractivity contribution is 14.1. The third-order valence-corrected chi connectivity index (χ3v) is 5.32. The summed E-state index contributed by atoms with van der Waals surface area (Å²) >= 11 is 2.40. The number of hydrogen-bond donors (Lipinski definition) is 1. The van der Waals surface area contributed by atoms with E-state index in [-0.39, 0.29) is 0 Å². The lowest BCUT2D eigenvalue weighted by molar-refractivity contribution is 0.334. The fraction of sp³-hybridized carbons (Fsp3) is 0.765. The van der Waals surface area contributed by atoms with Crippen molar-refractivity contribution in [3.8, 4) is 0 Å². The van der Waals surface area contributed by atoms with E-state index < -0.39 is 0 Å². The average Bonchev–Trinajstić information content (AvgIpc) is 2.42. The SMILES string of the molecule is CCNc1nc(C2CCCC(C)C2)nc(CC(C)C)c1I. The van der Waals surface area contributed by atoms with Gasteiger partial charge in [0.25, 0.3) is 0 Å². The zero-order chi connectivity index (χ0) is 15.4. The van der Waals surface area contributed by atoms with Crippen LogP contribution < -0.4 is 5.32 Å². The fourth-order valence-electron chi connectivity index (χ4n) is 3.17. The molecule has 0 spiro atoms. The smallest absolute Gasteiger partial charge is 0.143 e. The third-order valence-electron chi connectivity index (χ3n) is 4.18. The molecule has 21 heavy (non-hydrogen) atoms. The highest BCUT2D eigenvalue weighted by Gasteiger charge is 2.24. The van der Waals surface area contributed by atoms with E-state index in [1.54, 1.807) is 0 Å². The van der Waals surface area contributed by atoms with Gasteiger partial charge in [-0.2, -0.15) is 0 Å². The highest BCUT2D eigenvalue weighted by atomic mass is 127. The van der Waals surface area contributed by atoms with Crippen molar-refractivity contribution in [1.29, 1.82) is 0 Å². The van der Waals surface area contributed by atoms with Gasteiger partial charge in [-0.1, -0.05) is 33.6 Å². The summed E-state index contributed by atoms with van der Waals surface area (Å²) in [6.45, 7) is 9.91. The number of anilines is 1. The van der Waals surface area contributed by atoms with Crippen LogP contribution in [0, 0.1) is 15.4 Å². The van der Waals surface area contributed by atoms with Gasteiger partial charge in [0.05, 0.1) is 9.26 Å². The van der Waals surface area contributed by atoms with E-state index in [0.717, 1.165) is 30.5 Å². The second kappa shape index (κ2) is 7.75. The van der Waals surface area contributed by atoms with Gasteiger partial charge in [0, 0.05) is 12.5 Å². The van der Waals surface area contributed by atoms with Crippen LogP contribution in [0.25, 0.3) is 0 Å². The number of aromatic nitrogens is 2. The molecule has 1 aromatic heterocycles. The molecule has 1 heterocycles. The van der Waals surface area contributed by atoms with E-state index in [1.165, 1.54) is 34.9 Å². The molecule has 0 saturated heterocycles. The zero-order valence-corrected chi connectivity index (χ0v) is 15.9. The third kappa shape index (κ3) is 4.54. The Bertz CT molecular complexity index is 473. The molecule has 1 saturated carbocycles. The van der Waals surface area contributed by atoms with Gasteiger partial charge < -0.3 is 5.32 Å². The van der Waals surface area contributed by atoms with E-state index in [0.29, 0.717) is 11.8 Å². The van der Waals surface area contributed by atoms with Crippen molar-refractivity contribution < 1.29 is 0 Å². The summed E-state index contributed by atoms with van der Waals surface area (Å²) in [7, 11) is 0. The van der Waals surface area contributed by atoms with E-state index in [2.05, 4.69) is 55.6 Å². The molecular formula is C17H28IN3. The lowest BCUT2D eigenvalue weighted by Gasteiger charge is -2.26. The Kier molecular flexibility index (Phi) is 6.26. The van der Waals surface area contributed by atoms with Gasteiger partial charge in [-0.3, -0.25) is 0 Å². The second-order valence-corrected chi connectivity index (χ2v) is 7.87. The van der Waals surface area contributed by atoms with E-state index >= 15 is 0 Å². The minimum absolute atomic E-state index is 0.550. The van der Waals surface area contributed by atoms with Gasteiger partial charge in [0.1, 0.15) is 11.6 Å². The Morgan fingerprint density at radius 1 is 1.29 bits per heavy atom. The summed E-state index contributed by atoms with van der Waals surface area (Å²) in [5, 5.41) is 3.42. The normalized spacial score (nSPS) is 22.6. The van der Waals surface area contributed by atoms with Gasteiger partial charge in [-0.15, -0.1) is 0 Å². The van der Waals surface area contributed by atoms with Crippen molar-refractivity contribution in [3.05, 3.63) is 15.1 Å². The zero-order valence-electron chi connectivity index (χ0n) is 13.7. The summed E-state index contributed by atoms with van der Waals surface area (Å²) in [4.78, 5) is 9.81. The van der Waals surface area contributed by atoms with Crippen molar-refractivity contribution in [2.45, 2.75) is 65.7 Å². The monoisotopic (exact) mass is 401 g/mol. The van der Waals surface area contributed by atoms with Gasteiger partial charge in [0.2, 0.25) is 0 Å². The number of nitrogens with one attached hydrogen (secondary N) is 1. The standard InChI is InChI=1S/C17H28IN3/c1-5-19-17-15(18)14(9-11(2)3)20-16(21-17)13-8-6-7-12(4)10-13/h11-13H,5-10H2,1-4H3,(H,19,20,21). The quantitative estimate of drug-likeness (QED) is 0.706. The number of halogens is 1. The van der Waals surface area contributed by atoms with E-state index in [9.17, 15) is 0 Å². The minimum atomic E-state index is 0.550. The second-order valence-electron chi connectivity index (χ2n) is 6.79. The maximum absolute atomic E-state index is 4.95. The van der Waals surface area contributed by atoms with Crippen molar-refractivity contribution in [2.24, 2.45) is 11.8 Å². The minimum Gasteiger partial charge on any atom is -0.369 e. The number of nitrogens with zero attached hydrogens (tertiary/aromatic N) is 2. The molecule has 1 N–H and O–H groups in total. The molecule has 0 bridgehead atoms. The first kappa shape index (κ1) is 17.0. The van der Waals surface area contributed by atoms with Crippen LogP contribution in [0.2, 0.25) is 0 Å². The summed E-state index contributed by atoms with van der Waals surface area (Å²) in [5.74, 6) is 4.10. The first-order chi connectivity index (χ1) is 10.0. The van der Waals surface area contributed by atoms with Crippen LogP contribution >= 0.6 is 22.6 Å².